The van der Waals surface area contributed by atoms with Crippen molar-refractivity contribution in [1.82, 2.24) is 9.80 Å². The van der Waals surface area contributed by atoms with Crippen molar-refractivity contribution in [3.8, 4) is 0 Å². The number of carbonyl (C=O) groups is 1. The van der Waals surface area contributed by atoms with Crippen LogP contribution in [0, 0.1) is 19.8 Å². The van der Waals surface area contributed by atoms with Gasteiger partial charge < -0.3 is 19.3 Å². The van der Waals surface area contributed by atoms with E-state index in [4.69, 9.17) is 14.2 Å². The number of rotatable bonds is 7. The molecule has 0 bridgehead atoms. The molecule has 4 aliphatic rings. The summed E-state index contributed by atoms with van der Waals surface area (Å²) in [6.45, 7) is 30.7. The van der Waals surface area contributed by atoms with E-state index < -0.39 is 12.3 Å². The molecule has 4 heterocycles. The van der Waals surface area contributed by atoms with Crippen LogP contribution in [0.15, 0.2) is 61.2 Å². The Morgan fingerprint density at radius 2 is 1.53 bits per heavy atom. The SMILES string of the molecule is C=C.C=C/C(C)=C1/COC(C)C1C.CCC.Cc1c(C(O)CN2CCN(CC(F)c3ccc4c(c3C)COC4=O)CC2)ccc2c1COC2. The molecule has 8 heteroatoms. The number of aliphatic hydroxyl groups excluding tert-OH is 1. The van der Waals surface area contributed by atoms with Crippen LogP contribution in [-0.4, -0.2) is 72.9 Å². The van der Waals surface area contributed by atoms with E-state index in [2.05, 4.69) is 77.1 Å². The summed E-state index contributed by atoms with van der Waals surface area (Å²) in [5.41, 5.74) is 10.1. The van der Waals surface area contributed by atoms with Crippen molar-refractivity contribution in [1.29, 1.82) is 0 Å². The summed E-state index contributed by atoms with van der Waals surface area (Å²) in [6, 6.07) is 7.50. The fourth-order valence-corrected chi connectivity index (χ4v) is 6.71. The summed E-state index contributed by atoms with van der Waals surface area (Å²) in [4.78, 5) is 16.1. The summed E-state index contributed by atoms with van der Waals surface area (Å²) in [7, 11) is 0. The topological polar surface area (TPSA) is 71.5 Å². The van der Waals surface area contributed by atoms with Gasteiger partial charge in [-0.25, -0.2) is 9.18 Å². The Morgan fingerprint density at radius 3 is 2.12 bits per heavy atom. The molecule has 270 valence electrons. The van der Waals surface area contributed by atoms with Crippen LogP contribution < -0.4 is 0 Å². The maximum Gasteiger partial charge on any atom is 0.338 e. The minimum absolute atomic E-state index is 0.234. The zero-order valence-corrected chi connectivity index (χ0v) is 30.9. The van der Waals surface area contributed by atoms with Gasteiger partial charge in [-0.15, -0.1) is 13.2 Å². The molecule has 2 saturated heterocycles. The zero-order chi connectivity index (χ0) is 36.2. The molecule has 0 spiro atoms. The fourth-order valence-electron chi connectivity index (χ4n) is 6.71. The Kier molecular flexibility index (Phi) is 15.9. The molecule has 4 atom stereocenters. The number of halogens is 1. The average molecular weight is 679 g/mol. The van der Waals surface area contributed by atoms with Gasteiger partial charge in [0.2, 0.25) is 0 Å². The fraction of sp³-hybridized carbons (Fsp3) is 0.537. The number of aliphatic hydroxyl groups is 1. The van der Waals surface area contributed by atoms with Gasteiger partial charge >= 0.3 is 5.97 Å². The monoisotopic (exact) mass is 678 g/mol. The standard InChI is InChI=1S/C26H31FN2O4.C10H16O.C3H8.C2H4/c1-16-19(5-6-21-23(16)15-33-26(21)31)24(27)11-28-7-9-29(10-8-28)12-25(30)20-4-3-18-13-32-14-22(18)17(20)2;1-5-7(2)10-6-11-9(4)8(10)3;1-3-2;1-2/h3-6,24-25,30H,7-15H2,1-2H3;5,8-9H,1,6H2,2-4H3;3H2,1-2H3;1-2H2/b;10-7-;;. The summed E-state index contributed by atoms with van der Waals surface area (Å²) in [5.74, 6) is 0.241. The van der Waals surface area contributed by atoms with Gasteiger partial charge in [0, 0.05) is 50.7 Å². The summed E-state index contributed by atoms with van der Waals surface area (Å²) >= 11 is 0. The van der Waals surface area contributed by atoms with Crippen molar-refractivity contribution in [2.45, 2.75) is 93.1 Å². The lowest BCUT2D eigenvalue weighted by Gasteiger charge is -2.36. The van der Waals surface area contributed by atoms with E-state index in [0.29, 0.717) is 49.5 Å². The third kappa shape index (κ3) is 9.98. The normalized spacial score (nSPS) is 22.2. The molecule has 1 N–H and O–H groups in total. The number of β-amino-alcohol motifs (C(OH)–C–C–N with tert-alkyl or cyclic N) is 1. The van der Waals surface area contributed by atoms with Crippen molar-refractivity contribution in [3.63, 3.8) is 0 Å². The van der Waals surface area contributed by atoms with Crippen LogP contribution in [0.5, 0.6) is 0 Å². The highest BCUT2D eigenvalue weighted by molar-refractivity contribution is 5.93. The van der Waals surface area contributed by atoms with E-state index in [1.807, 2.05) is 19.1 Å². The minimum Gasteiger partial charge on any atom is -0.457 e. The van der Waals surface area contributed by atoms with Crippen LogP contribution >= 0.6 is 0 Å². The smallest absolute Gasteiger partial charge is 0.338 e. The number of nitrogens with zero attached hydrogens (tertiary/aromatic N) is 2. The van der Waals surface area contributed by atoms with Crippen LogP contribution in [0.3, 0.4) is 0 Å². The maximum atomic E-state index is 15.2. The second kappa shape index (κ2) is 19.3. The predicted molar refractivity (Wildman–Crippen MR) is 196 cm³/mol. The van der Waals surface area contributed by atoms with Gasteiger partial charge in [0.15, 0.2) is 0 Å². The van der Waals surface area contributed by atoms with Crippen molar-refractivity contribution in [3.05, 3.63) is 106 Å². The van der Waals surface area contributed by atoms with Gasteiger partial charge in [-0.05, 0) is 78.3 Å². The third-order valence-corrected chi connectivity index (χ3v) is 10.0. The number of alkyl halides is 1. The van der Waals surface area contributed by atoms with E-state index in [0.717, 1.165) is 55.0 Å². The van der Waals surface area contributed by atoms with Gasteiger partial charge in [-0.3, -0.25) is 9.80 Å². The Bertz CT molecular complexity index is 1450. The number of benzene rings is 2. The van der Waals surface area contributed by atoms with Crippen molar-refractivity contribution >= 4 is 5.97 Å². The molecule has 2 aromatic carbocycles. The number of esters is 1. The lowest BCUT2D eigenvalue weighted by molar-refractivity contribution is 0.0534. The van der Waals surface area contributed by atoms with Crippen LogP contribution in [0.1, 0.15) is 103 Å². The highest BCUT2D eigenvalue weighted by atomic mass is 19.1. The van der Waals surface area contributed by atoms with Gasteiger partial charge in [0.25, 0.3) is 0 Å². The number of allylic oxidation sites excluding steroid dienone is 2. The van der Waals surface area contributed by atoms with Gasteiger partial charge in [-0.1, -0.05) is 58.0 Å². The van der Waals surface area contributed by atoms with Gasteiger partial charge in [0.05, 0.1) is 37.6 Å². The van der Waals surface area contributed by atoms with Crippen molar-refractivity contribution < 1.29 is 28.5 Å². The Balaban J connectivity index is 0.000000340. The highest BCUT2D eigenvalue weighted by Gasteiger charge is 2.29. The number of ether oxygens (including phenoxy) is 3. The molecule has 4 aliphatic heterocycles. The summed E-state index contributed by atoms with van der Waals surface area (Å²) in [5, 5.41) is 10.9. The van der Waals surface area contributed by atoms with Crippen LogP contribution in [0.25, 0.3) is 0 Å². The Morgan fingerprint density at radius 1 is 0.939 bits per heavy atom. The largest absolute Gasteiger partial charge is 0.457 e. The summed E-state index contributed by atoms with van der Waals surface area (Å²) in [6.07, 6.45) is 1.88. The van der Waals surface area contributed by atoms with Crippen molar-refractivity contribution in [2.75, 3.05) is 45.9 Å². The maximum absolute atomic E-state index is 15.2. The quantitative estimate of drug-likeness (QED) is 0.234. The van der Waals surface area contributed by atoms with E-state index in [9.17, 15) is 9.90 Å². The third-order valence-electron chi connectivity index (χ3n) is 10.0. The second-order valence-corrected chi connectivity index (χ2v) is 13.3. The highest BCUT2D eigenvalue weighted by Crippen LogP contribution is 2.32. The molecular formula is C41H59FN2O5. The molecular weight excluding hydrogens is 619 g/mol. The van der Waals surface area contributed by atoms with Gasteiger partial charge in [-0.2, -0.15) is 0 Å². The van der Waals surface area contributed by atoms with E-state index in [1.165, 1.54) is 28.7 Å². The van der Waals surface area contributed by atoms with E-state index in [1.54, 1.807) is 12.1 Å². The number of carbonyl (C=O) groups excluding carboxylic acids is 1. The molecule has 2 fully saturated rings. The first-order valence-electron chi connectivity index (χ1n) is 17.7. The first-order valence-corrected chi connectivity index (χ1v) is 17.7. The molecule has 49 heavy (non-hydrogen) atoms. The number of hydrogen-bond acceptors (Lipinski definition) is 7. The molecule has 0 aromatic heterocycles. The first kappa shape index (κ1) is 40.3. The van der Waals surface area contributed by atoms with Crippen LogP contribution in [0.4, 0.5) is 4.39 Å². The second-order valence-electron chi connectivity index (χ2n) is 13.3. The zero-order valence-electron chi connectivity index (χ0n) is 30.9. The lowest BCUT2D eigenvalue weighted by Crippen LogP contribution is -2.48. The first-order chi connectivity index (χ1) is 23.5. The molecule has 6 rings (SSSR count). The predicted octanol–water partition coefficient (Wildman–Crippen LogP) is 8.13. The molecule has 2 aromatic rings. The molecule has 0 radical (unpaired) electrons. The molecule has 0 saturated carbocycles. The van der Waals surface area contributed by atoms with Crippen LogP contribution in [0.2, 0.25) is 0 Å². The van der Waals surface area contributed by atoms with Crippen molar-refractivity contribution in [2.24, 2.45) is 5.92 Å². The van der Waals surface area contributed by atoms with Crippen LogP contribution in [-0.2, 0) is 34.0 Å². The Labute approximate surface area is 294 Å². The Hall–Kier alpha value is -3.14. The molecule has 0 amide bonds. The van der Waals surface area contributed by atoms with E-state index >= 15 is 4.39 Å². The molecule has 0 aliphatic carbocycles. The number of fused-ring (bicyclic) bond motifs is 2. The molecule has 7 nitrogen and oxygen atoms in total. The minimum atomic E-state index is -1.11. The van der Waals surface area contributed by atoms with E-state index in [-0.39, 0.29) is 12.6 Å². The number of piperazine rings is 1. The summed E-state index contributed by atoms with van der Waals surface area (Å²) < 4.78 is 31.3. The number of cyclic esters (lactones) is 1. The lowest BCUT2D eigenvalue weighted by atomic mass is 9.95. The molecule has 4 unspecified atom stereocenters. The number of hydrogen-bond donors (Lipinski definition) is 1. The average Bonchev–Trinajstić information content (AvgIpc) is 3.83. The van der Waals surface area contributed by atoms with Gasteiger partial charge in [0.1, 0.15) is 12.8 Å².